The quantitative estimate of drug-likeness (QED) is 0.168. The molecule has 0 bridgehead atoms. The van der Waals surface area contributed by atoms with Crippen molar-refractivity contribution in [2.75, 3.05) is 0 Å². The van der Waals surface area contributed by atoms with Crippen molar-refractivity contribution in [1.82, 2.24) is 9.66 Å². The van der Waals surface area contributed by atoms with Crippen molar-refractivity contribution in [2.45, 2.75) is 6.61 Å². The molecule has 0 fully saturated rings. The zero-order valence-electron chi connectivity index (χ0n) is 20.1. The molecule has 6 rings (SSSR count). The number of benzene rings is 4. The van der Waals surface area contributed by atoms with Gasteiger partial charge in [-0.2, -0.15) is 9.78 Å². The maximum absolute atomic E-state index is 13.5. The molecule has 0 amide bonds. The zero-order chi connectivity index (χ0) is 26.9. The van der Waals surface area contributed by atoms with Crippen LogP contribution in [0.4, 0.5) is 0 Å². The minimum Gasteiger partial charge on any atom is -0.487 e. The van der Waals surface area contributed by atoms with E-state index >= 15 is 0 Å². The Morgan fingerprint density at radius 1 is 0.974 bits per heavy atom. The van der Waals surface area contributed by atoms with Crippen LogP contribution in [0.2, 0.25) is 5.02 Å². The normalized spacial score (nSPS) is 11.6. The number of ether oxygens (including phenoxy) is 1. The Bertz CT molecular complexity index is 1920. The summed E-state index contributed by atoms with van der Waals surface area (Å²) >= 11 is 13.5. The zero-order valence-corrected chi connectivity index (χ0v) is 24.1. The molecular formula is C30H18Br2ClN3O3. The van der Waals surface area contributed by atoms with Crippen LogP contribution in [0.1, 0.15) is 11.1 Å². The average molecular weight is 664 g/mol. The molecule has 0 atom stereocenters. The van der Waals surface area contributed by atoms with Crippen molar-refractivity contribution in [3.63, 3.8) is 0 Å². The third-order valence-corrected chi connectivity index (χ3v) is 7.60. The third-order valence-electron chi connectivity index (χ3n) is 6.08. The first-order chi connectivity index (χ1) is 19.0. The number of hydrogen-bond acceptors (Lipinski definition) is 5. The Hall–Kier alpha value is -3.72. The van der Waals surface area contributed by atoms with Gasteiger partial charge in [0.25, 0.3) is 5.56 Å². The van der Waals surface area contributed by atoms with Crippen LogP contribution in [-0.4, -0.2) is 15.9 Å². The minimum absolute atomic E-state index is 0.303. The lowest BCUT2D eigenvalue weighted by atomic mass is 10.2. The largest absolute Gasteiger partial charge is 0.487 e. The van der Waals surface area contributed by atoms with Gasteiger partial charge in [-0.05, 0) is 60.2 Å². The van der Waals surface area contributed by atoms with Crippen LogP contribution in [0, 0.1) is 0 Å². The molecule has 2 aromatic heterocycles. The first-order valence-electron chi connectivity index (χ1n) is 11.9. The van der Waals surface area contributed by atoms with Gasteiger partial charge in [0.15, 0.2) is 5.76 Å². The molecular weight excluding hydrogens is 646 g/mol. The van der Waals surface area contributed by atoms with Crippen LogP contribution in [0.25, 0.3) is 33.5 Å². The lowest BCUT2D eigenvalue weighted by Crippen LogP contribution is -2.20. The molecule has 6 nitrogen and oxygen atoms in total. The molecule has 2 heterocycles. The van der Waals surface area contributed by atoms with E-state index < -0.39 is 0 Å². The van der Waals surface area contributed by atoms with Crippen LogP contribution in [0.3, 0.4) is 0 Å². The fourth-order valence-corrected chi connectivity index (χ4v) is 5.52. The van der Waals surface area contributed by atoms with Gasteiger partial charge >= 0.3 is 0 Å². The summed E-state index contributed by atoms with van der Waals surface area (Å²) in [7, 11) is 0. The first kappa shape index (κ1) is 25.6. The SMILES string of the molecule is O=c1c2ccccc2nc(-c2cc3ccccc3o2)n1N=Cc1ccc(OCc2ccc(Br)cc2Br)c(Cl)c1. The summed E-state index contributed by atoms with van der Waals surface area (Å²) in [5.41, 5.74) is 2.63. The fourth-order valence-electron chi connectivity index (χ4n) is 4.12. The standard InChI is InChI=1S/C30H18Br2ClN3O3/c31-21-11-10-20(23(32)15-21)17-38-27-12-9-18(13-24(27)33)16-34-36-29(28-14-19-5-1-4-8-26(19)39-28)35-25-7-3-2-6-22(25)30(36)37/h1-16H,17H2. The molecule has 0 radical (unpaired) electrons. The second kappa shape index (κ2) is 10.8. The molecule has 192 valence electrons. The fraction of sp³-hybridized carbons (Fsp3) is 0.0333. The number of nitrogens with zero attached hydrogens (tertiary/aromatic N) is 3. The Labute approximate surface area is 244 Å². The number of para-hydroxylation sites is 2. The van der Waals surface area contributed by atoms with Crippen LogP contribution < -0.4 is 10.3 Å². The smallest absolute Gasteiger partial charge is 0.282 e. The predicted octanol–water partition coefficient (Wildman–Crippen LogP) is 8.45. The Morgan fingerprint density at radius 2 is 1.79 bits per heavy atom. The van der Waals surface area contributed by atoms with Gasteiger partial charge < -0.3 is 9.15 Å². The maximum Gasteiger partial charge on any atom is 0.282 e. The van der Waals surface area contributed by atoms with Crippen LogP contribution in [0.5, 0.6) is 5.75 Å². The van der Waals surface area contributed by atoms with E-state index in [1.807, 2.05) is 60.7 Å². The van der Waals surface area contributed by atoms with Gasteiger partial charge in [-0.1, -0.05) is 79.9 Å². The maximum atomic E-state index is 13.5. The van der Waals surface area contributed by atoms with Crippen LogP contribution in [-0.2, 0) is 6.61 Å². The Morgan fingerprint density at radius 3 is 2.62 bits per heavy atom. The second-order valence-corrected chi connectivity index (χ2v) is 10.9. The van der Waals surface area contributed by atoms with E-state index in [1.54, 1.807) is 36.5 Å². The number of hydrogen-bond donors (Lipinski definition) is 0. The lowest BCUT2D eigenvalue weighted by Gasteiger charge is -2.10. The Kier molecular flexibility index (Phi) is 7.08. The minimum atomic E-state index is -0.307. The average Bonchev–Trinajstić information content (AvgIpc) is 3.37. The van der Waals surface area contributed by atoms with Gasteiger partial charge in [-0.25, -0.2) is 4.98 Å². The van der Waals surface area contributed by atoms with Crippen molar-refractivity contribution in [3.8, 4) is 17.3 Å². The van der Waals surface area contributed by atoms with Gasteiger partial charge in [0.05, 0.1) is 22.1 Å². The highest BCUT2D eigenvalue weighted by Crippen LogP contribution is 2.29. The molecule has 0 aliphatic heterocycles. The molecule has 0 saturated carbocycles. The highest BCUT2D eigenvalue weighted by Gasteiger charge is 2.16. The molecule has 0 unspecified atom stereocenters. The third kappa shape index (κ3) is 5.28. The molecule has 0 N–H and O–H groups in total. The topological polar surface area (TPSA) is 69.6 Å². The summed E-state index contributed by atoms with van der Waals surface area (Å²) in [6.45, 7) is 0.347. The highest BCUT2D eigenvalue weighted by atomic mass is 79.9. The summed E-state index contributed by atoms with van der Waals surface area (Å²) < 4.78 is 15.1. The molecule has 9 heteroatoms. The first-order valence-corrected chi connectivity index (χ1v) is 13.8. The number of furan rings is 1. The van der Waals surface area contributed by atoms with Crippen molar-refractivity contribution in [1.29, 1.82) is 0 Å². The van der Waals surface area contributed by atoms with Gasteiger partial charge in [0, 0.05) is 19.9 Å². The van der Waals surface area contributed by atoms with Gasteiger partial charge in [-0.3, -0.25) is 4.79 Å². The monoisotopic (exact) mass is 661 g/mol. The summed E-state index contributed by atoms with van der Waals surface area (Å²) in [6.07, 6.45) is 1.56. The molecule has 0 saturated heterocycles. The number of rotatable bonds is 6. The number of aromatic nitrogens is 2. The molecule has 0 aliphatic carbocycles. The van der Waals surface area contributed by atoms with Crippen molar-refractivity contribution in [2.24, 2.45) is 5.10 Å². The van der Waals surface area contributed by atoms with E-state index in [0.717, 1.165) is 19.9 Å². The molecule has 0 spiro atoms. The summed E-state index contributed by atoms with van der Waals surface area (Å²) in [5, 5.41) is 6.29. The lowest BCUT2D eigenvalue weighted by molar-refractivity contribution is 0.305. The van der Waals surface area contributed by atoms with Gasteiger partial charge in [0.2, 0.25) is 5.82 Å². The molecule has 4 aromatic carbocycles. The van der Waals surface area contributed by atoms with E-state index in [2.05, 4.69) is 37.0 Å². The summed E-state index contributed by atoms with van der Waals surface area (Å²) in [4.78, 5) is 18.2. The van der Waals surface area contributed by atoms with Gasteiger partial charge in [0.1, 0.15) is 17.9 Å². The second-order valence-electron chi connectivity index (χ2n) is 8.68. The molecule has 39 heavy (non-hydrogen) atoms. The highest BCUT2D eigenvalue weighted by molar-refractivity contribution is 9.11. The van der Waals surface area contributed by atoms with E-state index in [1.165, 1.54) is 4.68 Å². The van der Waals surface area contributed by atoms with E-state index in [-0.39, 0.29) is 5.56 Å². The molecule has 6 aromatic rings. The van der Waals surface area contributed by atoms with Crippen molar-refractivity contribution >= 4 is 71.5 Å². The van der Waals surface area contributed by atoms with Crippen LogP contribution >= 0.6 is 43.5 Å². The van der Waals surface area contributed by atoms with E-state index in [9.17, 15) is 4.79 Å². The number of fused-ring (bicyclic) bond motifs is 2. The molecule has 0 aliphatic rings. The van der Waals surface area contributed by atoms with Crippen molar-refractivity contribution in [3.05, 3.63) is 126 Å². The summed E-state index contributed by atoms with van der Waals surface area (Å²) in [6, 6.07) is 27.9. The summed E-state index contributed by atoms with van der Waals surface area (Å²) in [5.74, 6) is 1.28. The number of halogens is 3. The van der Waals surface area contributed by atoms with Crippen molar-refractivity contribution < 1.29 is 9.15 Å². The van der Waals surface area contributed by atoms with Gasteiger partial charge in [-0.15, -0.1) is 0 Å². The predicted molar refractivity (Wildman–Crippen MR) is 162 cm³/mol. The van der Waals surface area contributed by atoms with E-state index in [0.29, 0.717) is 51.0 Å². The van der Waals surface area contributed by atoms with E-state index in [4.69, 9.17) is 25.7 Å². The Balaban J connectivity index is 1.34. The van der Waals surface area contributed by atoms with Crippen LogP contribution in [0.15, 0.2) is 114 Å².